The Morgan fingerprint density at radius 3 is 2.82 bits per heavy atom. The van der Waals surface area contributed by atoms with Crippen molar-refractivity contribution in [3.05, 3.63) is 32.9 Å². The van der Waals surface area contributed by atoms with Crippen molar-refractivity contribution < 1.29 is 5.11 Å². The van der Waals surface area contributed by atoms with E-state index < -0.39 is 6.10 Å². The van der Waals surface area contributed by atoms with Gasteiger partial charge in [-0.2, -0.15) is 0 Å². The summed E-state index contributed by atoms with van der Waals surface area (Å²) in [5.74, 6) is 0. The van der Waals surface area contributed by atoms with Crippen LogP contribution in [0.4, 0.5) is 0 Å². The third-order valence-electron chi connectivity index (χ3n) is 1.39. The predicted molar refractivity (Wildman–Crippen MR) is 51.9 cm³/mol. The average molecular weight is 233 g/mol. The molecular weight excluding hydrogens is 224 g/mol. The summed E-state index contributed by atoms with van der Waals surface area (Å²) in [7, 11) is 0. The minimum Gasteiger partial charge on any atom is -0.383 e. The summed E-state index contributed by atoms with van der Waals surface area (Å²) in [4.78, 5) is 2.12. The molecule has 0 bridgehead atoms. The van der Waals surface area contributed by atoms with Crippen molar-refractivity contribution in [2.75, 3.05) is 0 Å². The van der Waals surface area contributed by atoms with Crippen LogP contribution in [0.3, 0.4) is 0 Å². The van der Waals surface area contributed by atoms with E-state index in [2.05, 4.69) is 22.5 Å². The van der Waals surface area contributed by atoms with Gasteiger partial charge in [-0.25, -0.2) is 0 Å². The minimum absolute atomic E-state index is 0.523. The Morgan fingerprint density at radius 2 is 2.45 bits per heavy atom. The Kier molecular flexibility index (Phi) is 2.87. The molecule has 1 atom stereocenters. The molecule has 0 aliphatic heterocycles. The molecule has 0 aliphatic rings. The third kappa shape index (κ3) is 1.92. The van der Waals surface area contributed by atoms with Crippen molar-refractivity contribution in [2.45, 2.75) is 13.0 Å². The molecule has 1 nitrogen and oxygen atoms in total. The van der Waals surface area contributed by atoms with Crippen LogP contribution in [0, 0.1) is 6.92 Å². The van der Waals surface area contributed by atoms with E-state index in [9.17, 15) is 5.11 Å². The lowest BCUT2D eigenvalue weighted by molar-refractivity contribution is 0.233. The maximum atomic E-state index is 9.34. The van der Waals surface area contributed by atoms with E-state index >= 15 is 0 Å². The molecule has 0 fully saturated rings. The molecule has 1 rings (SSSR count). The highest BCUT2D eigenvalue weighted by Crippen LogP contribution is 2.30. The molecule has 1 N–H and O–H groups in total. The average Bonchev–Trinajstić information content (AvgIpc) is 2.31. The van der Waals surface area contributed by atoms with E-state index in [1.807, 2.05) is 13.0 Å². The van der Waals surface area contributed by atoms with Gasteiger partial charge in [0.1, 0.15) is 6.10 Å². The van der Waals surface area contributed by atoms with Crippen LogP contribution >= 0.6 is 27.3 Å². The molecule has 0 spiro atoms. The van der Waals surface area contributed by atoms with Gasteiger partial charge in [0, 0.05) is 14.2 Å². The minimum atomic E-state index is -0.523. The van der Waals surface area contributed by atoms with Gasteiger partial charge in [-0.1, -0.05) is 6.08 Å². The van der Waals surface area contributed by atoms with Gasteiger partial charge in [-0.05, 0) is 28.9 Å². The number of aliphatic hydroxyl groups excluding tert-OH is 1. The molecule has 1 heterocycles. The highest BCUT2D eigenvalue weighted by atomic mass is 79.9. The normalized spacial score (nSPS) is 13.0. The first-order valence-electron chi connectivity index (χ1n) is 3.21. The zero-order chi connectivity index (χ0) is 8.43. The largest absolute Gasteiger partial charge is 0.383 e. The first kappa shape index (κ1) is 8.97. The molecule has 60 valence electrons. The van der Waals surface area contributed by atoms with E-state index in [0.717, 1.165) is 9.35 Å². The van der Waals surface area contributed by atoms with Gasteiger partial charge in [0.15, 0.2) is 0 Å². The number of aliphatic hydroxyl groups is 1. The highest BCUT2D eigenvalue weighted by Gasteiger charge is 2.07. The standard InChI is InChI=1S/C8H9BrOS/c1-3-7(10)8-4-6(9)5(2)11-8/h3-4,7,10H,1H2,2H3. The Hall–Kier alpha value is -0.120. The van der Waals surface area contributed by atoms with Gasteiger partial charge in [0.25, 0.3) is 0 Å². The summed E-state index contributed by atoms with van der Waals surface area (Å²) in [6.07, 6.45) is 1.00. The fourth-order valence-electron chi connectivity index (χ4n) is 0.743. The summed E-state index contributed by atoms with van der Waals surface area (Å²) < 4.78 is 1.05. The second-order valence-corrected chi connectivity index (χ2v) is 4.38. The van der Waals surface area contributed by atoms with E-state index in [-0.39, 0.29) is 0 Å². The number of halogens is 1. The van der Waals surface area contributed by atoms with E-state index in [1.165, 1.54) is 11.0 Å². The monoisotopic (exact) mass is 232 g/mol. The number of rotatable bonds is 2. The van der Waals surface area contributed by atoms with Crippen molar-refractivity contribution in [1.82, 2.24) is 0 Å². The molecule has 0 saturated heterocycles. The van der Waals surface area contributed by atoms with Gasteiger partial charge in [-0.3, -0.25) is 0 Å². The molecule has 1 aromatic rings. The third-order valence-corrected chi connectivity index (χ3v) is 3.60. The summed E-state index contributed by atoms with van der Waals surface area (Å²) >= 11 is 4.96. The molecule has 0 aliphatic carbocycles. The zero-order valence-electron chi connectivity index (χ0n) is 6.17. The maximum Gasteiger partial charge on any atom is 0.106 e. The van der Waals surface area contributed by atoms with Crippen LogP contribution in [0.5, 0.6) is 0 Å². The highest BCUT2D eigenvalue weighted by molar-refractivity contribution is 9.10. The fraction of sp³-hybridized carbons (Fsp3) is 0.250. The summed E-state index contributed by atoms with van der Waals surface area (Å²) in [6.45, 7) is 5.53. The Bertz CT molecular complexity index is 248. The quantitative estimate of drug-likeness (QED) is 0.778. The van der Waals surface area contributed by atoms with E-state index in [0.29, 0.717) is 0 Å². The topological polar surface area (TPSA) is 20.2 Å². The van der Waals surface area contributed by atoms with Crippen LogP contribution in [0.25, 0.3) is 0 Å². The second kappa shape index (κ2) is 3.52. The molecule has 1 unspecified atom stereocenters. The van der Waals surface area contributed by atoms with Crippen LogP contribution in [0.15, 0.2) is 23.2 Å². The molecule has 0 saturated carbocycles. The SMILES string of the molecule is C=CC(O)c1cc(Br)c(C)s1. The number of hydrogen-bond donors (Lipinski definition) is 1. The Balaban J connectivity index is 2.96. The molecule has 0 amide bonds. The van der Waals surface area contributed by atoms with Gasteiger partial charge in [-0.15, -0.1) is 17.9 Å². The lowest BCUT2D eigenvalue weighted by atomic mass is 10.3. The van der Waals surface area contributed by atoms with Gasteiger partial charge >= 0.3 is 0 Å². The molecule has 0 aromatic carbocycles. The Morgan fingerprint density at radius 1 is 1.82 bits per heavy atom. The summed E-state index contributed by atoms with van der Waals surface area (Å²) in [5, 5.41) is 9.34. The van der Waals surface area contributed by atoms with Gasteiger partial charge in [0.2, 0.25) is 0 Å². The van der Waals surface area contributed by atoms with Crippen LogP contribution in [-0.2, 0) is 0 Å². The summed E-state index contributed by atoms with van der Waals surface area (Å²) in [6, 6.07) is 1.92. The van der Waals surface area contributed by atoms with Crippen LogP contribution in [-0.4, -0.2) is 5.11 Å². The van der Waals surface area contributed by atoms with Crippen molar-refractivity contribution in [3.63, 3.8) is 0 Å². The second-order valence-electron chi connectivity index (χ2n) is 2.23. The molecular formula is C8H9BrOS. The molecule has 3 heteroatoms. The first-order valence-corrected chi connectivity index (χ1v) is 4.82. The molecule has 11 heavy (non-hydrogen) atoms. The molecule has 0 radical (unpaired) electrons. The van der Waals surface area contributed by atoms with Crippen LogP contribution in [0.2, 0.25) is 0 Å². The van der Waals surface area contributed by atoms with E-state index in [4.69, 9.17) is 0 Å². The van der Waals surface area contributed by atoms with Crippen molar-refractivity contribution >= 4 is 27.3 Å². The zero-order valence-corrected chi connectivity index (χ0v) is 8.58. The maximum absolute atomic E-state index is 9.34. The smallest absolute Gasteiger partial charge is 0.106 e. The van der Waals surface area contributed by atoms with Crippen molar-refractivity contribution in [2.24, 2.45) is 0 Å². The van der Waals surface area contributed by atoms with Crippen molar-refractivity contribution in [1.29, 1.82) is 0 Å². The number of hydrogen-bond acceptors (Lipinski definition) is 2. The Labute approximate surface area is 78.5 Å². The lowest BCUT2D eigenvalue weighted by Crippen LogP contribution is -1.85. The lowest BCUT2D eigenvalue weighted by Gasteiger charge is -1.97. The number of thiophene rings is 1. The molecule has 1 aromatic heterocycles. The van der Waals surface area contributed by atoms with E-state index in [1.54, 1.807) is 11.3 Å². The van der Waals surface area contributed by atoms with Crippen LogP contribution < -0.4 is 0 Å². The van der Waals surface area contributed by atoms with Crippen molar-refractivity contribution in [3.8, 4) is 0 Å². The first-order chi connectivity index (χ1) is 5.15. The van der Waals surface area contributed by atoms with Gasteiger partial charge in [0.05, 0.1) is 0 Å². The van der Waals surface area contributed by atoms with Gasteiger partial charge < -0.3 is 5.11 Å². The summed E-state index contributed by atoms with van der Waals surface area (Å²) in [5.41, 5.74) is 0. The predicted octanol–water partition coefficient (Wildman–Crippen LogP) is 3.04. The fourth-order valence-corrected chi connectivity index (χ4v) is 2.29. The van der Waals surface area contributed by atoms with Crippen LogP contribution in [0.1, 0.15) is 15.9 Å². The number of aryl methyl sites for hydroxylation is 1.